The van der Waals surface area contributed by atoms with E-state index in [0.717, 1.165) is 24.8 Å². The van der Waals surface area contributed by atoms with Gasteiger partial charge in [0.15, 0.2) is 11.7 Å². The molecule has 3 rings (SSSR count). The van der Waals surface area contributed by atoms with Crippen LogP contribution in [0.25, 0.3) is 0 Å². The average molecular weight is 373 g/mol. The maximum Gasteiger partial charge on any atom is 0.289 e. The Morgan fingerprint density at radius 1 is 1.15 bits per heavy atom. The van der Waals surface area contributed by atoms with Crippen molar-refractivity contribution in [1.82, 2.24) is 20.0 Å². The second kappa shape index (κ2) is 8.77. The predicted octanol–water partition coefficient (Wildman–Crippen LogP) is 1.51. The maximum absolute atomic E-state index is 12.4. The van der Waals surface area contributed by atoms with Crippen molar-refractivity contribution in [3.8, 4) is 0 Å². The number of rotatable bonds is 5. The van der Waals surface area contributed by atoms with E-state index in [1.807, 2.05) is 31.1 Å². The Morgan fingerprint density at radius 3 is 2.37 bits per heavy atom. The third-order valence-electron chi connectivity index (χ3n) is 4.76. The molecule has 1 saturated heterocycles. The zero-order valence-corrected chi connectivity index (χ0v) is 16.1. The molecule has 0 aromatic carbocycles. The summed E-state index contributed by atoms with van der Waals surface area (Å²) in [4.78, 5) is 22.9. The molecule has 1 atom stereocenters. The van der Waals surface area contributed by atoms with E-state index in [0.29, 0.717) is 25.4 Å². The molecule has 2 aromatic heterocycles. The van der Waals surface area contributed by atoms with Crippen LogP contribution < -0.4 is 5.32 Å². The third kappa shape index (κ3) is 4.51. The summed E-state index contributed by atoms with van der Waals surface area (Å²) < 4.78 is 10.8. The summed E-state index contributed by atoms with van der Waals surface area (Å²) in [7, 11) is 5.83. The van der Waals surface area contributed by atoms with Crippen molar-refractivity contribution in [2.24, 2.45) is 4.99 Å². The Morgan fingerprint density at radius 2 is 1.81 bits per heavy atom. The fourth-order valence-electron chi connectivity index (χ4n) is 3.22. The lowest BCUT2D eigenvalue weighted by Gasteiger charge is -2.36. The number of hydrogen-bond acceptors (Lipinski definition) is 5. The predicted molar refractivity (Wildman–Crippen MR) is 103 cm³/mol. The molecule has 0 spiro atoms. The van der Waals surface area contributed by atoms with Gasteiger partial charge in [0, 0.05) is 39.8 Å². The minimum absolute atomic E-state index is 0.0620. The lowest BCUT2D eigenvalue weighted by molar-refractivity contribution is 0.0657. The van der Waals surface area contributed by atoms with Crippen molar-refractivity contribution in [3.05, 3.63) is 48.3 Å². The molecule has 0 saturated carbocycles. The van der Waals surface area contributed by atoms with E-state index in [1.165, 1.54) is 6.26 Å². The first-order valence-corrected chi connectivity index (χ1v) is 9.08. The monoisotopic (exact) mass is 373 g/mol. The first-order chi connectivity index (χ1) is 13.1. The lowest BCUT2D eigenvalue weighted by Crippen LogP contribution is -2.54. The molecule has 1 aliphatic rings. The second-order valence-corrected chi connectivity index (χ2v) is 6.68. The Hall–Kier alpha value is -2.74. The highest BCUT2D eigenvalue weighted by molar-refractivity contribution is 5.91. The molecule has 8 nitrogen and oxygen atoms in total. The highest BCUT2D eigenvalue weighted by atomic mass is 16.3. The summed E-state index contributed by atoms with van der Waals surface area (Å²) in [6.45, 7) is 3.39. The van der Waals surface area contributed by atoms with E-state index < -0.39 is 0 Å². The Labute approximate surface area is 159 Å². The summed E-state index contributed by atoms with van der Waals surface area (Å²) in [5.74, 6) is 2.07. The van der Waals surface area contributed by atoms with Crippen molar-refractivity contribution in [1.29, 1.82) is 0 Å². The van der Waals surface area contributed by atoms with Gasteiger partial charge < -0.3 is 24.0 Å². The van der Waals surface area contributed by atoms with Gasteiger partial charge in [-0.2, -0.15) is 0 Å². The van der Waals surface area contributed by atoms with Gasteiger partial charge in [0.25, 0.3) is 5.91 Å². The standard InChI is InChI=1S/C19H27N5O3/c1-20-19(21-14-15(22(2)3)16-6-4-12-26-16)24-10-8-23(9-11-24)18(25)17-7-5-13-27-17/h4-7,12-13,15H,8-11,14H2,1-3H3,(H,20,21). The molecule has 1 aliphatic heterocycles. The van der Waals surface area contributed by atoms with Gasteiger partial charge in [-0.15, -0.1) is 0 Å². The van der Waals surface area contributed by atoms with Crippen LogP contribution in [0.15, 0.2) is 50.6 Å². The molecule has 2 aromatic rings. The number of hydrogen-bond donors (Lipinski definition) is 1. The molecule has 27 heavy (non-hydrogen) atoms. The van der Waals surface area contributed by atoms with Crippen molar-refractivity contribution in [3.63, 3.8) is 0 Å². The number of furan rings is 2. The number of nitrogens with one attached hydrogen (secondary N) is 1. The zero-order chi connectivity index (χ0) is 19.2. The van der Waals surface area contributed by atoms with Crippen LogP contribution in [-0.2, 0) is 0 Å². The second-order valence-electron chi connectivity index (χ2n) is 6.68. The van der Waals surface area contributed by atoms with Crippen molar-refractivity contribution >= 4 is 11.9 Å². The first-order valence-electron chi connectivity index (χ1n) is 9.08. The van der Waals surface area contributed by atoms with Gasteiger partial charge in [-0.3, -0.25) is 14.7 Å². The summed E-state index contributed by atoms with van der Waals surface area (Å²) in [6, 6.07) is 7.42. The molecule has 1 N–H and O–H groups in total. The summed E-state index contributed by atoms with van der Waals surface area (Å²) in [5, 5.41) is 3.43. The topological polar surface area (TPSA) is 77.5 Å². The van der Waals surface area contributed by atoms with Crippen molar-refractivity contribution in [2.45, 2.75) is 6.04 Å². The highest BCUT2D eigenvalue weighted by Crippen LogP contribution is 2.18. The van der Waals surface area contributed by atoms with E-state index in [2.05, 4.69) is 20.1 Å². The number of carbonyl (C=O) groups is 1. The Kier molecular flexibility index (Phi) is 6.18. The molecule has 3 heterocycles. The minimum Gasteiger partial charge on any atom is -0.468 e. The van der Waals surface area contributed by atoms with Gasteiger partial charge in [-0.05, 0) is 38.4 Å². The lowest BCUT2D eigenvalue weighted by atomic mass is 10.2. The number of likely N-dealkylation sites (N-methyl/N-ethyl adjacent to an activating group) is 1. The van der Waals surface area contributed by atoms with Gasteiger partial charge in [0.1, 0.15) is 5.76 Å². The van der Waals surface area contributed by atoms with Gasteiger partial charge in [0.2, 0.25) is 0 Å². The van der Waals surface area contributed by atoms with Crippen LogP contribution in [0.1, 0.15) is 22.4 Å². The fourth-order valence-corrected chi connectivity index (χ4v) is 3.22. The van der Waals surface area contributed by atoms with Crippen molar-refractivity contribution < 1.29 is 13.6 Å². The summed E-state index contributed by atoms with van der Waals surface area (Å²) in [6.07, 6.45) is 3.21. The number of aliphatic imine (C=N–C) groups is 1. The highest BCUT2D eigenvalue weighted by Gasteiger charge is 2.26. The maximum atomic E-state index is 12.4. The van der Waals surface area contributed by atoms with Crippen LogP contribution in [0.4, 0.5) is 0 Å². The molecule has 0 radical (unpaired) electrons. The Balaban J connectivity index is 1.54. The number of nitrogens with zero attached hydrogens (tertiary/aromatic N) is 4. The van der Waals surface area contributed by atoms with Crippen molar-refractivity contribution in [2.75, 3.05) is 53.9 Å². The molecule has 0 bridgehead atoms. The molecule has 0 aliphatic carbocycles. The zero-order valence-electron chi connectivity index (χ0n) is 16.1. The van der Waals surface area contributed by atoms with Crippen LogP contribution in [0.5, 0.6) is 0 Å². The number of carbonyl (C=O) groups excluding carboxylic acids is 1. The molecular weight excluding hydrogens is 346 g/mol. The van der Waals surface area contributed by atoms with E-state index in [9.17, 15) is 4.79 Å². The fraction of sp³-hybridized carbons (Fsp3) is 0.474. The number of guanidine groups is 1. The molecule has 1 fully saturated rings. The SMILES string of the molecule is CN=C(NCC(c1ccco1)N(C)C)N1CCN(C(=O)c2ccco2)CC1. The van der Waals surface area contributed by atoms with Gasteiger partial charge >= 0.3 is 0 Å². The number of amides is 1. The molecular formula is C19H27N5O3. The van der Waals surface area contributed by atoms with Gasteiger partial charge in [0.05, 0.1) is 18.6 Å². The average Bonchev–Trinajstić information content (AvgIpc) is 3.38. The quantitative estimate of drug-likeness (QED) is 0.632. The summed E-state index contributed by atoms with van der Waals surface area (Å²) >= 11 is 0. The smallest absolute Gasteiger partial charge is 0.289 e. The number of piperazine rings is 1. The minimum atomic E-state index is -0.0620. The Bertz CT molecular complexity index is 732. The molecule has 146 valence electrons. The van der Waals surface area contributed by atoms with Gasteiger partial charge in [-0.25, -0.2) is 0 Å². The van der Waals surface area contributed by atoms with Crippen LogP contribution in [0.2, 0.25) is 0 Å². The first kappa shape index (κ1) is 19.0. The van der Waals surface area contributed by atoms with E-state index in [-0.39, 0.29) is 11.9 Å². The third-order valence-corrected chi connectivity index (χ3v) is 4.76. The van der Waals surface area contributed by atoms with Crippen LogP contribution in [0, 0.1) is 0 Å². The van der Waals surface area contributed by atoms with Crippen LogP contribution in [0.3, 0.4) is 0 Å². The van der Waals surface area contributed by atoms with E-state index >= 15 is 0 Å². The molecule has 1 amide bonds. The van der Waals surface area contributed by atoms with Gasteiger partial charge in [-0.1, -0.05) is 0 Å². The normalized spacial score (nSPS) is 16.7. The largest absolute Gasteiger partial charge is 0.468 e. The van der Waals surface area contributed by atoms with Crippen LogP contribution >= 0.6 is 0 Å². The van der Waals surface area contributed by atoms with E-state index in [1.54, 1.807) is 25.4 Å². The van der Waals surface area contributed by atoms with E-state index in [4.69, 9.17) is 8.83 Å². The molecule has 1 unspecified atom stereocenters. The van der Waals surface area contributed by atoms with Crippen LogP contribution in [-0.4, -0.2) is 80.4 Å². The molecule has 8 heteroatoms. The summed E-state index contributed by atoms with van der Waals surface area (Å²) in [5.41, 5.74) is 0.